The van der Waals surface area contributed by atoms with Gasteiger partial charge in [0, 0.05) is 50.2 Å². The van der Waals surface area contributed by atoms with Gasteiger partial charge in [0.15, 0.2) is 0 Å². The smallest absolute Gasteiger partial charge is 0.254 e. The summed E-state index contributed by atoms with van der Waals surface area (Å²) in [5.41, 5.74) is 0.729. The molecular weight excluding hydrogens is 388 g/mol. The monoisotopic (exact) mass is 416 g/mol. The van der Waals surface area contributed by atoms with Gasteiger partial charge in [0.2, 0.25) is 5.91 Å². The molecule has 2 amide bonds. The summed E-state index contributed by atoms with van der Waals surface area (Å²) >= 11 is 0. The number of nitrogens with zero attached hydrogens (tertiary/aromatic N) is 4. The van der Waals surface area contributed by atoms with Gasteiger partial charge in [-0.2, -0.15) is 0 Å². The third-order valence-electron chi connectivity index (χ3n) is 6.80. The molecule has 1 aromatic heterocycles. The van der Waals surface area contributed by atoms with Gasteiger partial charge in [-0.05, 0) is 42.5 Å². The van der Waals surface area contributed by atoms with Crippen molar-refractivity contribution in [2.45, 2.75) is 31.7 Å². The zero-order valence-corrected chi connectivity index (χ0v) is 17.7. The van der Waals surface area contributed by atoms with Crippen molar-refractivity contribution in [3.63, 3.8) is 0 Å². The highest BCUT2D eigenvalue weighted by Crippen LogP contribution is 2.27. The highest BCUT2D eigenvalue weighted by Gasteiger charge is 2.33. The van der Waals surface area contributed by atoms with Gasteiger partial charge in [-0.3, -0.25) is 9.59 Å². The molecule has 2 fully saturated rings. The maximum atomic E-state index is 13.3. The maximum absolute atomic E-state index is 13.3. The Labute approximate surface area is 182 Å². The number of likely N-dealkylation sites (tertiary alicyclic amines) is 2. The molecular formula is C25H28N4O2. The molecule has 6 nitrogen and oxygen atoms in total. The molecule has 2 aromatic carbocycles. The van der Waals surface area contributed by atoms with Crippen LogP contribution in [0.25, 0.3) is 10.8 Å². The lowest BCUT2D eigenvalue weighted by molar-refractivity contribution is -0.138. The van der Waals surface area contributed by atoms with Gasteiger partial charge in [-0.25, -0.2) is 4.98 Å². The molecule has 0 saturated carbocycles. The molecule has 3 aromatic rings. The third kappa shape index (κ3) is 3.94. The second-order valence-electron chi connectivity index (χ2n) is 8.68. The van der Waals surface area contributed by atoms with Gasteiger partial charge in [0.1, 0.15) is 0 Å². The Morgan fingerprint density at radius 2 is 1.71 bits per heavy atom. The average molecular weight is 417 g/mol. The van der Waals surface area contributed by atoms with Crippen LogP contribution in [0.4, 0.5) is 0 Å². The molecule has 2 aliphatic heterocycles. The van der Waals surface area contributed by atoms with E-state index >= 15 is 0 Å². The highest BCUT2D eigenvalue weighted by molar-refractivity contribution is 6.07. The average Bonchev–Trinajstić information content (AvgIpc) is 3.38. The summed E-state index contributed by atoms with van der Waals surface area (Å²) in [6.45, 7) is 2.78. The largest absolute Gasteiger partial charge is 0.342 e. The number of hydrogen-bond acceptors (Lipinski definition) is 3. The van der Waals surface area contributed by atoms with Gasteiger partial charge in [0.25, 0.3) is 5.91 Å². The summed E-state index contributed by atoms with van der Waals surface area (Å²) in [5, 5.41) is 2.05. The second kappa shape index (κ2) is 8.53. The van der Waals surface area contributed by atoms with E-state index in [4.69, 9.17) is 0 Å². The second-order valence-corrected chi connectivity index (χ2v) is 8.68. The van der Waals surface area contributed by atoms with Crippen LogP contribution in [-0.4, -0.2) is 57.3 Å². The van der Waals surface area contributed by atoms with E-state index in [0.717, 1.165) is 55.1 Å². The number of amides is 2. The van der Waals surface area contributed by atoms with Crippen molar-refractivity contribution in [1.82, 2.24) is 19.4 Å². The zero-order chi connectivity index (χ0) is 21.2. The summed E-state index contributed by atoms with van der Waals surface area (Å²) in [6, 6.07) is 14.3. The molecule has 2 aliphatic rings. The van der Waals surface area contributed by atoms with Crippen LogP contribution in [0.3, 0.4) is 0 Å². The van der Waals surface area contributed by atoms with E-state index in [1.165, 1.54) is 0 Å². The molecule has 31 heavy (non-hydrogen) atoms. The number of rotatable bonds is 3. The summed E-state index contributed by atoms with van der Waals surface area (Å²) in [6.07, 6.45) is 9.31. The number of aromatic nitrogens is 2. The zero-order valence-electron chi connectivity index (χ0n) is 17.7. The summed E-state index contributed by atoms with van der Waals surface area (Å²) in [5.74, 6) is 0.144. The molecule has 0 bridgehead atoms. The standard InChI is InChI=1S/C25H28N4O2/c30-24(27-14-10-21(11-15-27)29-16-12-26-18-29)20-7-4-13-28(17-20)25(31)23-9-3-6-19-5-1-2-8-22(19)23/h1-3,5-6,8-9,12,16,18,20-21H,4,7,10-11,13-15,17H2. The normalized spacial score (nSPS) is 20.2. The van der Waals surface area contributed by atoms with E-state index in [1.54, 1.807) is 6.20 Å². The first-order chi connectivity index (χ1) is 15.2. The fourth-order valence-corrected chi connectivity index (χ4v) is 5.07. The van der Waals surface area contributed by atoms with Crippen molar-refractivity contribution in [3.8, 4) is 0 Å². The lowest BCUT2D eigenvalue weighted by Gasteiger charge is -2.38. The van der Waals surface area contributed by atoms with E-state index in [-0.39, 0.29) is 17.7 Å². The van der Waals surface area contributed by atoms with Crippen LogP contribution in [0.2, 0.25) is 0 Å². The summed E-state index contributed by atoms with van der Waals surface area (Å²) in [7, 11) is 0. The first-order valence-corrected chi connectivity index (χ1v) is 11.2. The highest BCUT2D eigenvalue weighted by atomic mass is 16.2. The van der Waals surface area contributed by atoms with Crippen molar-refractivity contribution in [1.29, 1.82) is 0 Å². The Morgan fingerprint density at radius 3 is 2.52 bits per heavy atom. The molecule has 5 rings (SSSR count). The maximum Gasteiger partial charge on any atom is 0.254 e. The predicted octanol–water partition coefficient (Wildman–Crippen LogP) is 3.75. The van der Waals surface area contributed by atoms with Crippen LogP contribution < -0.4 is 0 Å². The predicted molar refractivity (Wildman–Crippen MR) is 120 cm³/mol. The quantitative estimate of drug-likeness (QED) is 0.653. The Balaban J connectivity index is 1.25. The van der Waals surface area contributed by atoms with E-state index in [2.05, 4.69) is 9.55 Å². The van der Waals surface area contributed by atoms with Gasteiger partial charge in [0.05, 0.1) is 12.2 Å². The van der Waals surface area contributed by atoms with Crippen molar-refractivity contribution in [2.24, 2.45) is 5.92 Å². The molecule has 0 spiro atoms. The minimum Gasteiger partial charge on any atom is -0.342 e. The van der Waals surface area contributed by atoms with Crippen LogP contribution in [0.15, 0.2) is 61.2 Å². The Morgan fingerprint density at radius 1 is 0.903 bits per heavy atom. The van der Waals surface area contributed by atoms with E-state index in [1.807, 2.05) is 64.8 Å². The molecule has 0 aliphatic carbocycles. The van der Waals surface area contributed by atoms with Crippen molar-refractivity contribution >= 4 is 22.6 Å². The number of fused-ring (bicyclic) bond motifs is 1. The fourth-order valence-electron chi connectivity index (χ4n) is 5.07. The van der Waals surface area contributed by atoms with Crippen LogP contribution in [-0.2, 0) is 4.79 Å². The first-order valence-electron chi connectivity index (χ1n) is 11.2. The summed E-state index contributed by atoms with van der Waals surface area (Å²) in [4.78, 5) is 34.6. The fraction of sp³-hybridized carbons (Fsp3) is 0.400. The molecule has 0 N–H and O–H groups in total. The molecule has 1 atom stereocenters. The number of hydrogen-bond donors (Lipinski definition) is 0. The number of benzene rings is 2. The first kappa shape index (κ1) is 19.8. The summed E-state index contributed by atoms with van der Waals surface area (Å²) < 4.78 is 2.15. The molecule has 2 saturated heterocycles. The van der Waals surface area contributed by atoms with Crippen molar-refractivity contribution in [3.05, 3.63) is 66.7 Å². The minimum atomic E-state index is -0.0996. The van der Waals surface area contributed by atoms with Crippen LogP contribution in [0.5, 0.6) is 0 Å². The van der Waals surface area contributed by atoms with E-state index in [9.17, 15) is 9.59 Å². The van der Waals surface area contributed by atoms with Gasteiger partial charge >= 0.3 is 0 Å². The van der Waals surface area contributed by atoms with Crippen LogP contribution >= 0.6 is 0 Å². The van der Waals surface area contributed by atoms with E-state index in [0.29, 0.717) is 19.1 Å². The van der Waals surface area contributed by atoms with Crippen LogP contribution in [0, 0.1) is 5.92 Å². The lowest BCUT2D eigenvalue weighted by atomic mass is 9.94. The number of piperidine rings is 2. The van der Waals surface area contributed by atoms with E-state index < -0.39 is 0 Å². The van der Waals surface area contributed by atoms with Crippen LogP contribution in [0.1, 0.15) is 42.1 Å². The number of carbonyl (C=O) groups excluding carboxylic acids is 2. The molecule has 3 heterocycles. The van der Waals surface area contributed by atoms with Gasteiger partial charge in [-0.15, -0.1) is 0 Å². The Bertz CT molecular complexity index is 1060. The van der Waals surface area contributed by atoms with Crippen molar-refractivity contribution in [2.75, 3.05) is 26.2 Å². The third-order valence-corrected chi connectivity index (χ3v) is 6.80. The number of carbonyl (C=O) groups is 2. The lowest BCUT2D eigenvalue weighted by Crippen LogP contribution is -2.48. The van der Waals surface area contributed by atoms with Crippen molar-refractivity contribution < 1.29 is 9.59 Å². The topological polar surface area (TPSA) is 58.4 Å². The van der Waals surface area contributed by atoms with Gasteiger partial charge in [-0.1, -0.05) is 36.4 Å². The molecule has 160 valence electrons. The Hall–Kier alpha value is -3.15. The molecule has 0 radical (unpaired) electrons. The number of imidazole rings is 1. The molecule has 1 unspecified atom stereocenters. The minimum absolute atomic E-state index is 0.0353. The molecule has 6 heteroatoms. The SMILES string of the molecule is O=C(c1cccc2ccccc12)N1CCCC(C(=O)N2CCC(n3ccnc3)CC2)C1. The Kier molecular flexibility index (Phi) is 5.45. The van der Waals surface area contributed by atoms with Gasteiger partial charge < -0.3 is 14.4 Å².